The summed E-state index contributed by atoms with van der Waals surface area (Å²) in [7, 11) is 1.97. The number of rotatable bonds is 10. The first kappa shape index (κ1) is 14.9. The number of nitrogens with zero attached hydrogens (tertiary/aromatic N) is 1. The largest absolute Gasteiger partial charge is 0.481 e. The van der Waals surface area contributed by atoms with Crippen molar-refractivity contribution in [1.29, 1.82) is 0 Å². The molecule has 94 valence electrons. The van der Waals surface area contributed by atoms with E-state index in [1.54, 1.807) is 0 Å². The summed E-state index contributed by atoms with van der Waals surface area (Å²) in [6.07, 6.45) is 3.62. The summed E-state index contributed by atoms with van der Waals surface area (Å²) in [5, 5.41) is 16.9. The van der Waals surface area contributed by atoms with Crippen LogP contribution < -0.4 is 0 Å². The Hall–Kier alpha value is -1.10. The van der Waals surface area contributed by atoms with Gasteiger partial charge in [-0.05, 0) is 45.8 Å². The van der Waals surface area contributed by atoms with Crippen LogP contribution in [0.4, 0.5) is 0 Å². The van der Waals surface area contributed by atoms with Gasteiger partial charge in [0.1, 0.15) is 0 Å². The molecule has 0 unspecified atom stereocenters. The highest BCUT2D eigenvalue weighted by atomic mass is 16.4. The number of unbranched alkanes of at least 4 members (excludes halogenated alkanes) is 2. The molecule has 0 saturated heterocycles. The highest BCUT2D eigenvalue weighted by Gasteiger charge is 2.01. The number of hydrogen-bond donors (Lipinski definition) is 2. The molecule has 0 heterocycles. The monoisotopic (exact) mass is 231 g/mol. The van der Waals surface area contributed by atoms with Crippen LogP contribution in [0.25, 0.3) is 0 Å². The van der Waals surface area contributed by atoms with Gasteiger partial charge in [-0.3, -0.25) is 9.59 Å². The lowest BCUT2D eigenvalue weighted by atomic mass is 10.2. The van der Waals surface area contributed by atoms with Gasteiger partial charge in [0.15, 0.2) is 0 Å². The molecule has 0 aliphatic heterocycles. The lowest BCUT2D eigenvalue weighted by Crippen LogP contribution is -2.21. The topological polar surface area (TPSA) is 77.8 Å². The van der Waals surface area contributed by atoms with Crippen molar-refractivity contribution in [2.24, 2.45) is 0 Å². The lowest BCUT2D eigenvalue weighted by Gasteiger charge is -2.15. The van der Waals surface area contributed by atoms with Crippen LogP contribution in [-0.2, 0) is 9.59 Å². The molecule has 0 rings (SSSR count). The van der Waals surface area contributed by atoms with Gasteiger partial charge in [-0.2, -0.15) is 0 Å². The Morgan fingerprint density at radius 2 is 1.25 bits per heavy atom. The molecular weight excluding hydrogens is 210 g/mol. The second-order valence-corrected chi connectivity index (χ2v) is 4.00. The van der Waals surface area contributed by atoms with E-state index in [0.717, 1.165) is 25.9 Å². The van der Waals surface area contributed by atoms with E-state index in [0.29, 0.717) is 12.8 Å². The molecule has 0 aliphatic rings. The molecular formula is C11H21NO4. The van der Waals surface area contributed by atoms with Gasteiger partial charge in [-0.1, -0.05) is 0 Å². The van der Waals surface area contributed by atoms with E-state index in [1.807, 2.05) is 7.05 Å². The average molecular weight is 231 g/mol. The molecule has 2 N–H and O–H groups in total. The molecule has 0 atom stereocenters. The van der Waals surface area contributed by atoms with Crippen molar-refractivity contribution in [3.63, 3.8) is 0 Å². The average Bonchev–Trinajstić information content (AvgIpc) is 2.19. The number of carbonyl (C=O) groups is 2. The van der Waals surface area contributed by atoms with E-state index in [9.17, 15) is 9.59 Å². The fraction of sp³-hybridized carbons (Fsp3) is 0.818. The second-order valence-electron chi connectivity index (χ2n) is 4.00. The Labute approximate surface area is 96.1 Å². The Bertz CT molecular complexity index is 196. The number of carboxylic acid groups (broad SMARTS) is 2. The van der Waals surface area contributed by atoms with Crippen molar-refractivity contribution >= 4 is 11.9 Å². The summed E-state index contributed by atoms with van der Waals surface area (Å²) in [4.78, 5) is 22.6. The number of aliphatic carboxylic acids is 2. The molecule has 0 fully saturated rings. The Balaban J connectivity index is 3.27. The van der Waals surface area contributed by atoms with Crippen molar-refractivity contribution in [1.82, 2.24) is 4.90 Å². The summed E-state index contributed by atoms with van der Waals surface area (Å²) in [5.74, 6) is -1.49. The van der Waals surface area contributed by atoms with E-state index in [1.165, 1.54) is 0 Å². The molecule has 5 nitrogen and oxygen atoms in total. The third kappa shape index (κ3) is 11.0. The van der Waals surface area contributed by atoms with Gasteiger partial charge >= 0.3 is 11.9 Å². The van der Waals surface area contributed by atoms with Crippen molar-refractivity contribution in [2.45, 2.75) is 38.5 Å². The molecule has 0 aromatic heterocycles. The highest BCUT2D eigenvalue weighted by Crippen LogP contribution is 2.01. The third-order valence-corrected chi connectivity index (χ3v) is 2.36. The first-order valence-corrected chi connectivity index (χ1v) is 5.64. The molecule has 0 bridgehead atoms. The van der Waals surface area contributed by atoms with Gasteiger partial charge in [-0.25, -0.2) is 0 Å². The van der Waals surface area contributed by atoms with Crippen LogP contribution in [-0.4, -0.2) is 47.2 Å². The third-order valence-electron chi connectivity index (χ3n) is 2.36. The van der Waals surface area contributed by atoms with E-state index in [-0.39, 0.29) is 12.8 Å². The zero-order valence-electron chi connectivity index (χ0n) is 9.81. The summed E-state index contributed by atoms with van der Waals surface area (Å²) < 4.78 is 0. The van der Waals surface area contributed by atoms with Gasteiger partial charge in [0.05, 0.1) is 0 Å². The standard InChI is InChI=1S/C11H21NO4/c1-12(8-4-2-6-10(13)14)9-5-3-7-11(15)16/h2-9H2,1H3,(H,13,14)(H,15,16). The molecule has 0 saturated carbocycles. The fourth-order valence-corrected chi connectivity index (χ4v) is 1.43. The van der Waals surface area contributed by atoms with E-state index in [4.69, 9.17) is 10.2 Å². The summed E-state index contributed by atoms with van der Waals surface area (Å²) in [5.41, 5.74) is 0. The molecule has 0 radical (unpaired) electrons. The molecule has 16 heavy (non-hydrogen) atoms. The minimum absolute atomic E-state index is 0.229. The van der Waals surface area contributed by atoms with Gasteiger partial charge in [0.25, 0.3) is 0 Å². The van der Waals surface area contributed by atoms with Gasteiger partial charge in [-0.15, -0.1) is 0 Å². The van der Waals surface area contributed by atoms with Crippen LogP contribution >= 0.6 is 0 Å². The van der Waals surface area contributed by atoms with E-state index in [2.05, 4.69) is 4.90 Å². The maximum absolute atomic E-state index is 10.2. The Morgan fingerprint density at radius 1 is 0.875 bits per heavy atom. The zero-order valence-corrected chi connectivity index (χ0v) is 9.81. The van der Waals surface area contributed by atoms with Gasteiger partial charge < -0.3 is 15.1 Å². The number of hydrogen-bond acceptors (Lipinski definition) is 3. The normalized spacial score (nSPS) is 10.6. The van der Waals surface area contributed by atoms with Crippen LogP contribution in [0.2, 0.25) is 0 Å². The van der Waals surface area contributed by atoms with Crippen molar-refractivity contribution in [3.05, 3.63) is 0 Å². The predicted molar refractivity (Wildman–Crippen MR) is 60.5 cm³/mol. The lowest BCUT2D eigenvalue weighted by molar-refractivity contribution is -0.138. The predicted octanol–water partition coefficient (Wildman–Crippen LogP) is 1.43. The Morgan fingerprint density at radius 3 is 1.56 bits per heavy atom. The van der Waals surface area contributed by atoms with Crippen LogP contribution in [0.15, 0.2) is 0 Å². The summed E-state index contributed by atoms with van der Waals surface area (Å²) in [6.45, 7) is 1.75. The van der Waals surface area contributed by atoms with Gasteiger partial charge in [0.2, 0.25) is 0 Å². The van der Waals surface area contributed by atoms with Crippen LogP contribution in [0.3, 0.4) is 0 Å². The quantitative estimate of drug-likeness (QED) is 0.556. The molecule has 0 amide bonds. The maximum atomic E-state index is 10.2. The number of carboxylic acids is 2. The Kier molecular flexibility index (Phi) is 8.52. The highest BCUT2D eigenvalue weighted by molar-refractivity contribution is 5.66. The fourth-order valence-electron chi connectivity index (χ4n) is 1.43. The van der Waals surface area contributed by atoms with Gasteiger partial charge in [0, 0.05) is 12.8 Å². The van der Waals surface area contributed by atoms with Crippen LogP contribution in [0, 0.1) is 0 Å². The SMILES string of the molecule is CN(CCCCC(=O)O)CCCCC(=O)O. The van der Waals surface area contributed by atoms with Crippen LogP contribution in [0.5, 0.6) is 0 Å². The van der Waals surface area contributed by atoms with Crippen molar-refractivity contribution in [2.75, 3.05) is 20.1 Å². The van der Waals surface area contributed by atoms with E-state index >= 15 is 0 Å². The molecule has 5 heteroatoms. The summed E-state index contributed by atoms with van der Waals surface area (Å²) in [6, 6.07) is 0. The van der Waals surface area contributed by atoms with Crippen molar-refractivity contribution in [3.8, 4) is 0 Å². The zero-order chi connectivity index (χ0) is 12.4. The maximum Gasteiger partial charge on any atom is 0.303 e. The first-order chi connectivity index (χ1) is 7.52. The first-order valence-electron chi connectivity index (χ1n) is 5.64. The molecule has 0 aromatic rings. The van der Waals surface area contributed by atoms with E-state index < -0.39 is 11.9 Å². The minimum Gasteiger partial charge on any atom is -0.481 e. The second kappa shape index (κ2) is 9.15. The van der Waals surface area contributed by atoms with Crippen molar-refractivity contribution < 1.29 is 19.8 Å². The molecule has 0 spiro atoms. The summed E-state index contributed by atoms with van der Waals surface area (Å²) >= 11 is 0. The molecule has 0 aromatic carbocycles. The smallest absolute Gasteiger partial charge is 0.303 e. The molecule has 0 aliphatic carbocycles. The van der Waals surface area contributed by atoms with Crippen LogP contribution in [0.1, 0.15) is 38.5 Å². The minimum atomic E-state index is -0.746.